The molecule has 1 amide bonds. The Balaban J connectivity index is 1.64. The summed E-state index contributed by atoms with van der Waals surface area (Å²) in [6.07, 6.45) is 5.12. The number of halogens is 1. The third-order valence-electron chi connectivity index (χ3n) is 10.1. The van der Waals surface area contributed by atoms with Crippen LogP contribution in [0.15, 0.2) is 30.4 Å². The Kier molecular flexibility index (Phi) is 5.26. The van der Waals surface area contributed by atoms with E-state index < -0.39 is 23.0 Å². The van der Waals surface area contributed by atoms with Gasteiger partial charge in [-0.15, -0.1) is 0 Å². The molecule has 2 N–H and O–H groups in total. The zero-order chi connectivity index (χ0) is 24.5. The second kappa shape index (κ2) is 7.72. The summed E-state index contributed by atoms with van der Waals surface area (Å²) in [4.78, 5) is 25.2. The van der Waals surface area contributed by atoms with Gasteiger partial charge in [0.15, 0.2) is 0 Å². The van der Waals surface area contributed by atoms with Gasteiger partial charge in [0.2, 0.25) is 5.91 Å². The first-order valence-electron chi connectivity index (χ1n) is 12.2. The molecular weight excluding hydrogens is 437 g/mol. The lowest BCUT2D eigenvalue weighted by Crippen LogP contribution is -2.64. The molecule has 3 aliphatic carbocycles. The Bertz CT molecular complexity index is 1040. The Hall–Kier alpha value is -2.57. The largest absolute Gasteiger partial charge is 0.496 e. The summed E-state index contributed by atoms with van der Waals surface area (Å²) in [6.45, 7) is 4.17. The van der Waals surface area contributed by atoms with Crippen LogP contribution in [0.3, 0.4) is 0 Å². The molecule has 1 aromatic rings. The zero-order valence-electron chi connectivity index (χ0n) is 20.3. The fourth-order valence-corrected chi connectivity index (χ4v) is 8.43. The van der Waals surface area contributed by atoms with Crippen LogP contribution in [0.5, 0.6) is 11.5 Å². The normalized spacial score (nSPS) is 42.7. The number of nitrogens with one attached hydrogen (secondary N) is 1. The van der Waals surface area contributed by atoms with E-state index in [1.54, 1.807) is 38.5 Å². The van der Waals surface area contributed by atoms with E-state index in [1.165, 1.54) is 0 Å². The second-order valence-electron chi connectivity index (χ2n) is 11.0. The van der Waals surface area contributed by atoms with Crippen LogP contribution in [0.25, 0.3) is 0 Å². The van der Waals surface area contributed by atoms with Crippen molar-refractivity contribution < 1.29 is 28.6 Å². The smallest absolute Gasteiger partial charge is 0.314 e. The zero-order valence-corrected chi connectivity index (χ0v) is 20.3. The predicted molar refractivity (Wildman–Crippen MR) is 125 cm³/mol. The minimum absolute atomic E-state index is 0.0420. The first-order chi connectivity index (χ1) is 16.1. The number of benzene rings is 1. The first kappa shape index (κ1) is 23.2. The molecule has 3 unspecified atom stereocenters. The lowest BCUT2D eigenvalue weighted by molar-refractivity contribution is -0.157. The molecule has 6 nitrogen and oxygen atoms in total. The molecule has 1 aliphatic heterocycles. The molecular formula is C27H34FNO5. The van der Waals surface area contributed by atoms with Crippen LogP contribution >= 0.6 is 0 Å². The van der Waals surface area contributed by atoms with Crippen molar-refractivity contribution in [3.63, 3.8) is 0 Å². The highest BCUT2D eigenvalue weighted by Gasteiger charge is 2.70. The highest BCUT2D eigenvalue weighted by atomic mass is 19.1. The third kappa shape index (κ3) is 2.78. The van der Waals surface area contributed by atoms with E-state index >= 15 is 4.39 Å². The molecule has 1 aromatic carbocycles. The number of carboxylic acid groups (broad SMARTS) is 1. The van der Waals surface area contributed by atoms with Gasteiger partial charge in [-0.25, -0.2) is 4.39 Å². The molecule has 8 atom stereocenters. The summed E-state index contributed by atoms with van der Waals surface area (Å²) in [5.74, 6) is -0.397. The van der Waals surface area contributed by atoms with Gasteiger partial charge in [-0.3, -0.25) is 9.59 Å². The Morgan fingerprint density at radius 3 is 2.38 bits per heavy atom. The van der Waals surface area contributed by atoms with Crippen molar-refractivity contribution in [2.24, 2.45) is 28.6 Å². The first-order valence-corrected chi connectivity index (χ1v) is 12.2. The Morgan fingerprint density at radius 2 is 1.76 bits per heavy atom. The van der Waals surface area contributed by atoms with E-state index in [-0.39, 0.29) is 41.5 Å². The van der Waals surface area contributed by atoms with E-state index in [2.05, 4.69) is 12.2 Å². The van der Waals surface area contributed by atoms with Crippen LogP contribution in [0, 0.1) is 28.6 Å². The molecule has 7 heteroatoms. The number of carbonyl (C=O) groups is 2. The maximum Gasteiger partial charge on any atom is 0.314 e. The van der Waals surface area contributed by atoms with Gasteiger partial charge in [-0.05, 0) is 73.5 Å². The van der Waals surface area contributed by atoms with Crippen LogP contribution in [0.4, 0.5) is 4.39 Å². The van der Waals surface area contributed by atoms with Gasteiger partial charge >= 0.3 is 5.97 Å². The molecule has 34 heavy (non-hydrogen) atoms. The number of fused-ring (bicyclic) bond motifs is 5. The standard InChI is InChI=1S/C27H34FNO5/c1-25-11-10-21(30)29-20(25)14-17(28)22-15(25)8-12-26(2)16(22)9-13-27(26,24(31)32)23-18(33-3)6-5-7-19(23)34-4/h5-7,10-11,15-17,20,22H,8-9,12-14H2,1-4H3,(H,29,30)(H,31,32)/t15-,16+,17?,20?,22-,25-,26+,27?/m1/s1. The SMILES string of the molecule is COc1cccc(OC)c1C1(C(=O)O)CC[C@H]2[C@@H]3C(F)CC4NC(=O)C=C[C@]4(C)[C@@H]3CC[C@@]21C. The van der Waals surface area contributed by atoms with Gasteiger partial charge in [-0.2, -0.15) is 0 Å². The van der Waals surface area contributed by atoms with Crippen LogP contribution in [0.1, 0.15) is 51.5 Å². The average molecular weight is 472 g/mol. The van der Waals surface area contributed by atoms with Gasteiger partial charge in [0.25, 0.3) is 0 Å². The number of aliphatic carboxylic acids is 1. The monoisotopic (exact) mass is 471 g/mol. The van der Waals surface area contributed by atoms with Crippen LogP contribution in [-0.4, -0.2) is 43.4 Å². The van der Waals surface area contributed by atoms with Crippen molar-refractivity contribution in [1.82, 2.24) is 5.32 Å². The molecule has 3 fully saturated rings. The highest BCUT2D eigenvalue weighted by molar-refractivity contribution is 5.89. The average Bonchev–Trinajstić information content (AvgIpc) is 3.13. The maximum absolute atomic E-state index is 16.0. The molecule has 4 aliphatic rings. The van der Waals surface area contributed by atoms with Crippen molar-refractivity contribution in [2.75, 3.05) is 14.2 Å². The number of hydrogen-bond donors (Lipinski definition) is 2. The van der Waals surface area contributed by atoms with Gasteiger partial charge in [0.1, 0.15) is 23.1 Å². The molecule has 0 saturated heterocycles. The van der Waals surface area contributed by atoms with E-state index in [1.807, 2.05) is 13.0 Å². The Labute approximate surface area is 199 Å². The van der Waals surface area contributed by atoms with Gasteiger partial charge < -0.3 is 19.9 Å². The molecule has 0 spiro atoms. The molecule has 0 aromatic heterocycles. The molecule has 1 heterocycles. The number of rotatable bonds is 4. The quantitative estimate of drug-likeness (QED) is 0.685. The number of methoxy groups -OCH3 is 2. The number of carboxylic acids is 1. The maximum atomic E-state index is 16.0. The molecule has 0 bridgehead atoms. The van der Waals surface area contributed by atoms with Crippen LogP contribution in [-0.2, 0) is 15.0 Å². The van der Waals surface area contributed by atoms with Crippen LogP contribution < -0.4 is 14.8 Å². The second-order valence-corrected chi connectivity index (χ2v) is 11.0. The van der Waals surface area contributed by atoms with Crippen molar-refractivity contribution >= 4 is 11.9 Å². The van der Waals surface area contributed by atoms with Crippen molar-refractivity contribution in [2.45, 2.75) is 63.6 Å². The minimum Gasteiger partial charge on any atom is -0.496 e. The molecule has 184 valence electrons. The third-order valence-corrected chi connectivity index (χ3v) is 10.1. The van der Waals surface area contributed by atoms with E-state index in [0.717, 1.165) is 0 Å². The fraction of sp³-hybridized carbons (Fsp3) is 0.630. The van der Waals surface area contributed by atoms with E-state index in [4.69, 9.17) is 9.47 Å². The number of amides is 1. The van der Waals surface area contributed by atoms with Gasteiger partial charge in [-0.1, -0.05) is 26.0 Å². The van der Waals surface area contributed by atoms with Gasteiger partial charge in [0.05, 0.1) is 19.8 Å². The van der Waals surface area contributed by atoms with Crippen molar-refractivity contribution in [3.8, 4) is 11.5 Å². The van der Waals surface area contributed by atoms with E-state index in [9.17, 15) is 14.7 Å². The fourth-order valence-electron chi connectivity index (χ4n) is 8.43. The molecule has 5 rings (SSSR count). The number of ether oxygens (including phenoxy) is 2. The van der Waals surface area contributed by atoms with Crippen molar-refractivity contribution in [1.29, 1.82) is 0 Å². The number of alkyl halides is 1. The highest BCUT2D eigenvalue weighted by Crippen LogP contribution is 2.70. The summed E-state index contributed by atoms with van der Waals surface area (Å²) in [7, 11) is 3.09. The minimum atomic E-state index is -1.24. The number of hydrogen-bond acceptors (Lipinski definition) is 4. The van der Waals surface area contributed by atoms with E-state index in [0.29, 0.717) is 42.7 Å². The Morgan fingerprint density at radius 1 is 1.12 bits per heavy atom. The summed E-state index contributed by atoms with van der Waals surface area (Å²) < 4.78 is 27.3. The summed E-state index contributed by atoms with van der Waals surface area (Å²) in [5.41, 5.74) is -1.68. The number of carbonyl (C=O) groups excluding carboxylic acids is 1. The van der Waals surface area contributed by atoms with Crippen molar-refractivity contribution in [3.05, 3.63) is 35.9 Å². The predicted octanol–water partition coefficient (Wildman–Crippen LogP) is 4.27. The molecule has 3 saturated carbocycles. The summed E-state index contributed by atoms with van der Waals surface area (Å²) >= 11 is 0. The lowest BCUT2D eigenvalue weighted by atomic mass is 9.45. The summed E-state index contributed by atoms with van der Waals surface area (Å²) in [5, 5.41) is 13.8. The topological polar surface area (TPSA) is 84.9 Å². The molecule has 0 radical (unpaired) electrons. The lowest BCUT2D eigenvalue weighted by Gasteiger charge is -2.60. The summed E-state index contributed by atoms with van der Waals surface area (Å²) in [6, 6.07) is 5.13. The van der Waals surface area contributed by atoms with Gasteiger partial charge in [0, 0.05) is 11.5 Å². The van der Waals surface area contributed by atoms with Crippen LogP contribution in [0.2, 0.25) is 0 Å².